The topological polar surface area (TPSA) is 63.1 Å². The molecule has 1 fully saturated rings. The van der Waals surface area contributed by atoms with Crippen molar-refractivity contribution in [2.75, 3.05) is 23.3 Å². The monoisotopic (exact) mass is 429 g/mol. The molecule has 1 amide bonds. The number of carbonyl (C=O) groups excluding carboxylic acids is 1. The van der Waals surface area contributed by atoms with Crippen LogP contribution in [0.4, 0.5) is 10.8 Å². The number of aryl methyl sites for hydroxylation is 2. The third kappa shape index (κ3) is 4.02. The molecule has 0 aliphatic carbocycles. The minimum absolute atomic E-state index is 0.0295. The molecule has 4 rings (SSSR count). The maximum absolute atomic E-state index is 12.9. The first-order valence-corrected chi connectivity index (χ1v) is 10.9. The molecule has 0 spiro atoms. The van der Waals surface area contributed by atoms with E-state index >= 15 is 0 Å². The Labute approximate surface area is 179 Å². The Morgan fingerprint density at radius 3 is 2.62 bits per heavy atom. The Balaban J connectivity index is 1.47. The number of amides is 1. The van der Waals surface area contributed by atoms with E-state index in [-0.39, 0.29) is 11.8 Å². The molecule has 1 atom stereocenters. The lowest BCUT2D eigenvalue weighted by atomic mass is 9.97. The number of halogens is 1. The minimum Gasteiger partial charge on any atom is -0.346 e. The number of piperidine rings is 1. The summed E-state index contributed by atoms with van der Waals surface area (Å²) < 4.78 is 2.11. The summed E-state index contributed by atoms with van der Waals surface area (Å²) >= 11 is 7.74. The molecule has 3 heterocycles. The van der Waals surface area contributed by atoms with Gasteiger partial charge in [0.25, 0.3) is 0 Å². The maximum Gasteiger partial charge on any atom is 0.229 e. The van der Waals surface area contributed by atoms with Gasteiger partial charge >= 0.3 is 0 Å². The predicted molar refractivity (Wildman–Crippen MR) is 118 cm³/mol. The first kappa shape index (κ1) is 19.9. The van der Waals surface area contributed by atoms with Gasteiger partial charge in [-0.1, -0.05) is 29.0 Å². The lowest BCUT2D eigenvalue weighted by Gasteiger charge is -2.31. The number of rotatable bonds is 4. The van der Waals surface area contributed by atoms with Gasteiger partial charge in [0.2, 0.25) is 16.2 Å². The molecule has 0 radical (unpaired) electrons. The maximum atomic E-state index is 12.9. The van der Waals surface area contributed by atoms with E-state index in [0.717, 1.165) is 52.3 Å². The fraction of sp³-hybridized carbons (Fsp3) is 0.381. The van der Waals surface area contributed by atoms with Gasteiger partial charge in [0, 0.05) is 35.2 Å². The average molecular weight is 430 g/mol. The Morgan fingerprint density at radius 1 is 1.14 bits per heavy atom. The zero-order chi connectivity index (χ0) is 20.5. The van der Waals surface area contributed by atoms with Crippen molar-refractivity contribution in [3.05, 3.63) is 52.3 Å². The highest BCUT2D eigenvalue weighted by atomic mass is 35.5. The highest BCUT2D eigenvalue weighted by Crippen LogP contribution is 2.30. The number of nitrogens with one attached hydrogen (secondary N) is 1. The molecule has 0 bridgehead atoms. The molecule has 0 unspecified atom stereocenters. The largest absolute Gasteiger partial charge is 0.346 e. The van der Waals surface area contributed by atoms with Gasteiger partial charge in [-0.25, -0.2) is 0 Å². The summed E-state index contributed by atoms with van der Waals surface area (Å²) in [5.41, 5.74) is 3.94. The van der Waals surface area contributed by atoms with E-state index in [1.54, 1.807) is 11.3 Å². The minimum atomic E-state index is -0.0930. The van der Waals surface area contributed by atoms with Crippen molar-refractivity contribution in [1.29, 1.82) is 0 Å². The Hall–Kier alpha value is -2.38. The third-order valence-electron chi connectivity index (χ3n) is 5.45. The van der Waals surface area contributed by atoms with E-state index in [9.17, 15) is 4.79 Å². The van der Waals surface area contributed by atoms with Crippen LogP contribution in [-0.2, 0) is 4.79 Å². The molecular weight excluding hydrogens is 406 g/mol. The van der Waals surface area contributed by atoms with Crippen molar-refractivity contribution >= 4 is 39.7 Å². The number of nitrogens with zero attached hydrogens (tertiary/aromatic N) is 4. The molecule has 3 aromatic rings. The molecule has 1 aromatic carbocycles. The number of anilines is 2. The van der Waals surface area contributed by atoms with Crippen molar-refractivity contribution in [3.63, 3.8) is 0 Å². The quantitative estimate of drug-likeness (QED) is 0.649. The van der Waals surface area contributed by atoms with Gasteiger partial charge in [-0.15, -0.1) is 10.2 Å². The molecule has 1 aliphatic rings. The van der Waals surface area contributed by atoms with Gasteiger partial charge < -0.3 is 10.2 Å². The summed E-state index contributed by atoms with van der Waals surface area (Å²) in [5, 5.41) is 14.2. The summed E-state index contributed by atoms with van der Waals surface area (Å²) in [6, 6.07) is 9.73. The van der Waals surface area contributed by atoms with Crippen LogP contribution in [-0.4, -0.2) is 33.8 Å². The molecule has 1 N–H and O–H groups in total. The van der Waals surface area contributed by atoms with Gasteiger partial charge in [0.15, 0.2) is 0 Å². The number of hydrogen-bond acceptors (Lipinski definition) is 5. The second-order valence-corrected chi connectivity index (χ2v) is 8.85. The molecule has 152 valence electrons. The Morgan fingerprint density at radius 2 is 1.86 bits per heavy atom. The summed E-state index contributed by atoms with van der Waals surface area (Å²) in [6.45, 7) is 7.57. The van der Waals surface area contributed by atoms with Crippen LogP contribution in [0.5, 0.6) is 0 Å². The fourth-order valence-corrected chi connectivity index (χ4v) is 4.91. The summed E-state index contributed by atoms with van der Waals surface area (Å²) in [6.07, 6.45) is 1.81. The predicted octanol–water partition coefficient (Wildman–Crippen LogP) is 4.76. The van der Waals surface area contributed by atoms with E-state index in [1.807, 2.05) is 25.1 Å². The first-order chi connectivity index (χ1) is 13.9. The van der Waals surface area contributed by atoms with Gasteiger partial charge in [-0.2, -0.15) is 0 Å². The van der Waals surface area contributed by atoms with Crippen LogP contribution in [0.15, 0.2) is 30.3 Å². The molecule has 0 saturated carbocycles. The van der Waals surface area contributed by atoms with Crippen LogP contribution in [0.25, 0.3) is 5.13 Å². The SMILES string of the molecule is Cc1c(Cl)cccc1NC(=O)[C@@H]1CCCN(c2nnc(-n3c(C)ccc3C)s2)C1. The Bertz CT molecular complexity index is 1020. The number of aromatic nitrogens is 3. The van der Waals surface area contributed by atoms with E-state index in [4.69, 9.17) is 11.6 Å². The normalized spacial score (nSPS) is 16.8. The molecule has 1 aliphatic heterocycles. The van der Waals surface area contributed by atoms with Gasteiger partial charge in [-0.05, 0) is 63.4 Å². The van der Waals surface area contributed by atoms with E-state index in [2.05, 4.69) is 51.0 Å². The standard InChI is InChI=1S/C21H24ClN5OS/c1-13-9-10-14(2)27(13)21-25-24-20(29-21)26-11-5-6-16(12-26)19(28)23-18-8-4-7-17(22)15(18)3/h4,7-10,16H,5-6,11-12H2,1-3H3,(H,23,28)/t16-/m1/s1. The number of hydrogen-bond donors (Lipinski definition) is 1. The first-order valence-electron chi connectivity index (χ1n) is 9.74. The van der Waals surface area contributed by atoms with Gasteiger partial charge in [-0.3, -0.25) is 9.36 Å². The zero-order valence-electron chi connectivity index (χ0n) is 16.8. The van der Waals surface area contributed by atoms with Crippen LogP contribution >= 0.6 is 22.9 Å². The fourth-order valence-electron chi connectivity index (χ4n) is 3.74. The second-order valence-electron chi connectivity index (χ2n) is 7.51. The molecule has 1 saturated heterocycles. The van der Waals surface area contributed by atoms with Crippen LogP contribution in [0.3, 0.4) is 0 Å². The second kappa shape index (κ2) is 8.16. The van der Waals surface area contributed by atoms with E-state index < -0.39 is 0 Å². The van der Waals surface area contributed by atoms with E-state index in [1.165, 1.54) is 0 Å². The van der Waals surface area contributed by atoms with Crippen molar-refractivity contribution in [3.8, 4) is 5.13 Å². The number of benzene rings is 1. The van der Waals surface area contributed by atoms with E-state index in [0.29, 0.717) is 11.6 Å². The van der Waals surface area contributed by atoms with Gasteiger partial charge in [0.1, 0.15) is 0 Å². The summed E-state index contributed by atoms with van der Waals surface area (Å²) in [5.74, 6) is -0.0635. The summed E-state index contributed by atoms with van der Waals surface area (Å²) in [7, 11) is 0. The highest BCUT2D eigenvalue weighted by molar-refractivity contribution is 7.17. The average Bonchev–Trinajstić information content (AvgIpc) is 3.32. The van der Waals surface area contributed by atoms with Crippen LogP contribution < -0.4 is 10.2 Å². The van der Waals surface area contributed by atoms with Crippen LogP contribution in [0, 0.1) is 26.7 Å². The number of carbonyl (C=O) groups is 1. The van der Waals surface area contributed by atoms with Crippen molar-refractivity contribution in [2.45, 2.75) is 33.6 Å². The van der Waals surface area contributed by atoms with Crippen molar-refractivity contribution in [1.82, 2.24) is 14.8 Å². The smallest absolute Gasteiger partial charge is 0.229 e. The molecular formula is C21H24ClN5OS. The lowest BCUT2D eigenvalue weighted by molar-refractivity contribution is -0.120. The Kier molecular flexibility index (Phi) is 5.61. The van der Waals surface area contributed by atoms with Crippen LogP contribution in [0.1, 0.15) is 29.8 Å². The molecule has 8 heteroatoms. The molecule has 6 nitrogen and oxygen atoms in total. The highest BCUT2D eigenvalue weighted by Gasteiger charge is 2.28. The summed E-state index contributed by atoms with van der Waals surface area (Å²) in [4.78, 5) is 15.0. The lowest BCUT2D eigenvalue weighted by Crippen LogP contribution is -2.40. The molecule has 29 heavy (non-hydrogen) atoms. The van der Waals surface area contributed by atoms with Crippen molar-refractivity contribution < 1.29 is 4.79 Å². The zero-order valence-corrected chi connectivity index (χ0v) is 18.3. The third-order valence-corrected chi connectivity index (χ3v) is 6.83. The molecule has 2 aromatic heterocycles. The van der Waals surface area contributed by atoms with Gasteiger partial charge in [0.05, 0.1) is 5.92 Å². The van der Waals surface area contributed by atoms with Crippen LogP contribution in [0.2, 0.25) is 5.02 Å². The van der Waals surface area contributed by atoms with Crippen molar-refractivity contribution in [2.24, 2.45) is 5.92 Å².